The topological polar surface area (TPSA) is 21.3 Å². The summed E-state index contributed by atoms with van der Waals surface area (Å²) in [5.74, 6) is 0.845. The molecule has 0 atom stereocenters. The molecule has 0 fully saturated rings. The highest BCUT2D eigenvalue weighted by atomic mass is 35.5. The third kappa shape index (κ3) is 4.51. The van der Waals surface area contributed by atoms with Gasteiger partial charge in [-0.15, -0.1) is 0 Å². The van der Waals surface area contributed by atoms with Crippen molar-refractivity contribution in [3.05, 3.63) is 95.0 Å². The minimum Gasteiger partial charge on any atom is -0.489 e. The summed E-state index contributed by atoms with van der Waals surface area (Å²) in [6, 6.07) is 26.0. The number of halogens is 1. The monoisotopic (exact) mass is 323 g/mol. The fraction of sp³-hybridized carbons (Fsp3) is 0.100. The Hall–Kier alpha value is -2.45. The Bertz CT molecular complexity index is 758. The summed E-state index contributed by atoms with van der Waals surface area (Å²) in [4.78, 5) is 0. The van der Waals surface area contributed by atoms with Crippen LogP contribution in [0.4, 0.5) is 5.69 Å². The van der Waals surface area contributed by atoms with E-state index in [4.69, 9.17) is 16.3 Å². The molecule has 23 heavy (non-hydrogen) atoms. The zero-order valence-electron chi connectivity index (χ0n) is 12.7. The highest BCUT2D eigenvalue weighted by molar-refractivity contribution is 6.31. The minimum absolute atomic E-state index is 0.468. The van der Waals surface area contributed by atoms with Crippen LogP contribution in [0.1, 0.15) is 11.1 Å². The highest BCUT2D eigenvalue weighted by Crippen LogP contribution is 2.20. The summed E-state index contributed by atoms with van der Waals surface area (Å²) in [5.41, 5.74) is 3.27. The van der Waals surface area contributed by atoms with Crippen molar-refractivity contribution in [1.29, 1.82) is 0 Å². The van der Waals surface area contributed by atoms with Crippen molar-refractivity contribution in [2.75, 3.05) is 5.32 Å². The first-order valence-electron chi connectivity index (χ1n) is 7.55. The molecule has 2 nitrogen and oxygen atoms in total. The lowest BCUT2D eigenvalue weighted by Crippen LogP contribution is -2.00. The van der Waals surface area contributed by atoms with Crippen molar-refractivity contribution >= 4 is 17.3 Å². The second-order valence-electron chi connectivity index (χ2n) is 5.25. The summed E-state index contributed by atoms with van der Waals surface area (Å²) in [7, 11) is 0. The van der Waals surface area contributed by atoms with Gasteiger partial charge in [-0.05, 0) is 35.9 Å². The van der Waals surface area contributed by atoms with Crippen molar-refractivity contribution in [2.45, 2.75) is 13.2 Å². The van der Waals surface area contributed by atoms with E-state index < -0.39 is 0 Å². The zero-order chi connectivity index (χ0) is 15.9. The molecular weight excluding hydrogens is 306 g/mol. The van der Waals surface area contributed by atoms with E-state index in [9.17, 15) is 0 Å². The molecule has 0 bridgehead atoms. The molecule has 0 amide bonds. The van der Waals surface area contributed by atoms with Gasteiger partial charge in [-0.1, -0.05) is 60.1 Å². The molecular formula is C20H18ClNO. The highest BCUT2D eigenvalue weighted by Gasteiger charge is 2.01. The lowest BCUT2D eigenvalue weighted by Gasteiger charge is -2.10. The van der Waals surface area contributed by atoms with Crippen LogP contribution >= 0.6 is 11.6 Å². The number of hydrogen-bond donors (Lipinski definition) is 1. The van der Waals surface area contributed by atoms with E-state index in [0.717, 1.165) is 28.6 Å². The first kappa shape index (κ1) is 15.4. The van der Waals surface area contributed by atoms with Crippen LogP contribution < -0.4 is 10.1 Å². The average molecular weight is 324 g/mol. The van der Waals surface area contributed by atoms with Crippen molar-refractivity contribution in [2.24, 2.45) is 0 Å². The van der Waals surface area contributed by atoms with Crippen molar-refractivity contribution in [3.8, 4) is 5.75 Å². The average Bonchev–Trinajstić information content (AvgIpc) is 2.61. The Balaban J connectivity index is 1.60. The maximum Gasteiger partial charge on any atom is 0.120 e. The molecule has 0 radical (unpaired) electrons. The number of anilines is 1. The van der Waals surface area contributed by atoms with Crippen LogP contribution in [-0.4, -0.2) is 0 Å². The molecule has 3 heteroatoms. The molecule has 116 valence electrons. The Morgan fingerprint density at radius 1 is 0.826 bits per heavy atom. The van der Waals surface area contributed by atoms with Crippen molar-refractivity contribution in [3.63, 3.8) is 0 Å². The van der Waals surface area contributed by atoms with Gasteiger partial charge >= 0.3 is 0 Å². The fourth-order valence-corrected chi connectivity index (χ4v) is 2.47. The van der Waals surface area contributed by atoms with Gasteiger partial charge in [0.1, 0.15) is 12.4 Å². The summed E-state index contributed by atoms with van der Waals surface area (Å²) in [6.45, 7) is 1.22. The van der Waals surface area contributed by atoms with Crippen LogP contribution in [0.3, 0.4) is 0 Å². The Kier molecular flexibility index (Phi) is 5.17. The molecule has 0 unspecified atom stereocenters. The van der Waals surface area contributed by atoms with Gasteiger partial charge in [0.25, 0.3) is 0 Å². The molecule has 0 heterocycles. The summed E-state index contributed by atoms with van der Waals surface area (Å²) < 4.78 is 5.85. The smallest absolute Gasteiger partial charge is 0.120 e. The number of hydrogen-bond acceptors (Lipinski definition) is 2. The normalized spacial score (nSPS) is 10.3. The number of para-hydroxylation sites is 1. The van der Waals surface area contributed by atoms with E-state index in [2.05, 4.69) is 23.5 Å². The Morgan fingerprint density at radius 3 is 2.43 bits per heavy atom. The number of ether oxygens (including phenoxy) is 1. The van der Waals surface area contributed by atoms with Gasteiger partial charge in [0, 0.05) is 22.8 Å². The SMILES string of the molecule is Clc1ccccc1COc1cccc(CNc2ccccc2)c1. The van der Waals surface area contributed by atoms with Gasteiger partial charge in [0.15, 0.2) is 0 Å². The van der Waals surface area contributed by atoms with Crippen LogP contribution in [0.5, 0.6) is 5.75 Å². The zero-order valence-corrected chi connectivity index (χ0v) is 13.5. The summed E-state index contributed by atoms with van der Waals surface area (Å²) >= 11 is 6.15. The van der Waals surface area contributed by atoms with Crippen LogP contribution in [0.15, 0.2) is 78.9 Å². The molecule has 3 aromatic rings. The van der Waals surface area contributed by atoms with E-state index >= 15 is 0 Å². The Morgan fingerprint density at radius 2 is 1.61 bits per heavy atom. The van der Waals surface area contributed by atoms with Crippen molar-refractivity contribution in [1.82, 2.24) is 0 Å². The molecule has 0 saturated carbocycles. The lowest BCUT2D eigenvalue weighted by molar-refractivity contribution is 0.306. The third-order valence-corrected chi connectivity index (χ3v) is 3.89. The van der Waals surface area contributed by atoms with Crippen LogP contribution in [-0.2, 0) is 13.2 Å². The lowest BCUT2D eigenvalue weighted by atomic mass is 10.2. The first-order chi connectivity index (χ1) is 11.3. The van der Waals surface area contributed by atoms with Gasteiger partial charge in [-0.25, -0.2) is 0 Å². The fourth-order valence-electron chi connectivity index (χ4n) is 2.28. The molecule has 1 N–H and O–H groups in total. The number of rotatable bonds is 6. The predicted octanol–water partition coefficient (Wildman–Crippen LogP) is 5.53. The molecule has 0 saturated heterocycles. The van der Waals surface area contributed by atoms with E-state index in [1.54, 1.807) is 0 Å². The van der Waals surface area contributed by atoms with E-state index in [1.807, 2.05) is 60.7 Å². The third-order valence-electron chi connectivity index (χ3n) is 3.52. The van der Waals surface area contributed by atoms with Gasteiger partial charge in [0.2, 0.25) is 0 Å². The quantitative estimate of drug-likeness (QED) is 0.644. The van der Waals surface area contributed by atoms with Gasteiger partial charge in [0.05, 0.1) is 0 Å². The van der Waals surface area contributed by atoms with E-state index in [0.29, 0.717) is 6.61 Å². The van der Waals surface area contributed by atoms with Gasteiger partial charge < -0.3 is 10.1 Å². The maximum atomic E-state index is 6.15. The number of nitrogens with one attached hydrogen (secondary N) is 1. The largest absolute Gasteiger partial charge is 0.489 e. The van der Waals surface area contributed by atoms with E-state index in [1.165, 1.54) is 5.56 Å². The number of benzene rings is 3. The first-order valence-corrected chi connectivity index (χ1v) is 7.93. The molecule has 3 rings (SSSR count). The van der Waals surface area contributed by atoms with Gasteiger partial charge in [-0.2, -0.15) is 0 Å². The summed E-state index contributed by atoms with van der Waals surface area (Å²) in [6.07, 6.45) is 0. The minimum atomic E-state index is 0.468. The molecule has 0 aromatic heterocycles. The molecule has 0 aliphatic carbocycles. The second kappa shape index (κ2) is 7.70. The van der Waals surface area contributed by atoms with Crippen molar-refractivity contribution < 1.29 is 4.74 Å². The standard InChI is InChI=1S/C20H18ClNO/c21-20-12-5-4-8-17(20)15-23-19-11-6-7-16(13-19)14-22-18-9-2-1-3-10-18/h1-13,22H,14-15H2. The molecule has 3 aromatic carbocycles. The Labute approximate surface area is 141 Å². The van der Waals surface area contributed by atoms with Gasteiger partial charge in [-0.3, -0.25) is 0 Å². The maximum absolute atomic E-state index is 6.15. The second-order valence-corrected chi connectivity index (χ2v) is 5.65. The van der Waals surface area contributed by atoms with Crippen LogP contribution in [0.2, 0.25) is 5.02 Å². The molecule has 0 aliphatic heterocycles. The molecule has 0 aliphatic rings. The predicted molar refractivity (Wildman–Crippen MR) is 96.0 cm³/mol. The van der Waals surface area contributed by atoms with Crippen LogP contribution in [0.25, 0.3) is 0 Å². The summed E-state index contributed by atoms with van der Waals surface area (Å²) in [5, 5.41) is 4.13. The molecule has 0 spiro atoms. The van der Waals surface area contributed by atoms with E-state index in [-0.39, 0.29) is 0 Å². The van der Waals surface area contributed by atoms with Crippen LogP contribution in [0, 0.1) is 0 Å².